The summed E-state index contributed by atoms with van der Waals surface area (Å²) in [5.41, 5.74) is 2.05. The van der Waals surface area contributed by atoms with Crippen LogP contribution in [0.2, 0.25) is 5.02 Å². The van der Waals surface area contributed by atoms with Crippen molar-refractivity contribution in [3.05, 3.63) is 99.3 Å². The Labute approximate surface area is 183 Å². The highest BCUT2D eigenvalue weighted by atomic mass is 35.5. The number of carbonyl (C=O) groups is 2. The number of halogens is 2. The third kappa shape index (κ3) is 4.23. The van der Waals surface area contributed by atoms with Crippen molar-refractivity contribution in [3.8, 4) is 11.5 Å². The van der Waals surface area contributed by atoms with E-state index in [1.54, 1.807) is 48.5 Å². The molecule has 6 heteroatoms. The molecular formula is C25H18ClFO4. The molecule has 31 heavy (non-hydrogen) atoms. The van der Waals surface area contributed by atoms with Crippen LogP contribution >= 0.6 is 11.6 Å². The lowest BCUT2D eigenvalue weighted by Crippen LogP contribution is -2.02. The molecule has 4 nitrogen and oxygen atoms in total. The number of rotatable bonds is 6. The van der Waals surface area contributed by atoms with E-state index >= 15 is 0 Å². The van der Waals surface area contributed by atoms with E-state index in [1.165, 1.54) is 18.2 Å². The molecule has 0 atom stereocenters. The Morgan fingerprint density at radius 1 is 0.935 bits per heavy atom. The summed E-state index contributed by atoms with van der Waals surface area (Å²) in [4.78, 5) is 25.3. The molecule has 0 radical (unpaired) electrons. The van der Waals surface area contributed by atoms with E-state index in [4.69, 9.17) is 21.1 Å². The molecule has 0 aromatic heterocycles. The van der Waals surface area contributed by atoms with Gasteiger partial charge in [0.1, 0.15) is 12.4 Å². The van der Waals surface area contributed by atoms with E-state index in [9.17, 15) is 14.0 Å². The quantitative estimate of drug-likeness (QED) is 0.355. The molecule has 0 saturated heterocycles. The van der Waals surface area contributed by atoms with Gasteiger partial charge in [0.2, 0.25) is 0 Å². The molecule has 1 aliphatic carbocycles. The maximum Gasteiger partial charge on any atom is 0.197 e. The second kappa shape index (κ2) is 8.74. The van der Waals surface area contributed by atoms with E-state index in [2.05, 4.69) is 0 Å². The highest BCUT2D eigenvalue weighted by Crippen LogP contribution is 2.38. The van der Waals surface area contributed by atoms with E-state index in [1.807, 2.05) is 6.92 Å². The number of fused-ring (bicyclic) bond motifs is 1. The maximum absolute atomic E-state index is 13.4. The average molecular weight is 437 g/mol. The highest BCUT2D eigenvalue weighted by Gasteiger charge is 2.32. The Bertz CT molecular complexity index is 1180. The summed E-state index contributed by atoms with van der Waals surface area (Å²) in [6.45, 7) is 2.27. The van der Waals surface area contributed by atoms with Crippen LogP contribution in [0.4, 0.5) is 4.39 Å². The van der Waals surface area contributed by atoms with Crippen LogP contribution < -0.4 is 9.47 Å². The molecule has 0 amide bonds. The van der Waals surface area contributed by atoms with Gasteiger partial charge in [0, 0.05) is 11.1 Å². The molecule has 0 fully saturated rings. The molecule has 0 spiro atoms. The summed E-state index contributed by atoms with van der Waals surface area (Å²) in [6, 6.07) is 16.1. The van der Waals surface area contributed by atoms with Crippen LogP contribution in [0.15, 0.2) is 66.2 Å². The van der Waals surface area contributed by atoms with Crippen LogP contribution in [0.3, 0.4) is 0 Å². The Kier molecular flexibility index (Phi) is 5.87. The van der Waals surface area contributed by atoms with Crippen LogP contribution in [-0.2, 0) is 6.61 Å². The van der Waals surface area contributed by atoms with Gasteiger partial charge in [0.05, 0.1) is 17.2 Å². The van der Waals surface area contributed by atoms with Gasteiger partial charge < -0.3 is 9.47 Å². The van der Waals surface area contributed by atoms with Crippen molar-refractivity contribution >= 4 is 29.2 Å². The smallest absolute Gasteiger partial charge is 0.197 e. The molecular weight excluding hydrogens is 419 g/mol. The molecule has 156 valence electrons. The van der Waals surface area contributed by atoms with Crippen molar-refractivity contribution in [2.75, 3.05) is 6.61 Å². The third-order valence-electron chi connectivity index (χ3n) is 4.82. The molecule has 0 unspecified atom stereocenters. The summed E-state index contributed by atoms with van der Waals surface area (Å²) in [7, 11) is 0. The summed E-state index contributed by atoms with van der Waals surface area (Å²) in [6.07, 6.45) is 1.51. The standard InChI is InChI=1S/C25H18ClFO4/c1-2-30-22-13-16(11-20-23(28)18-8-3-4-9-19(18)24(20)29)12-21(26)25(22)31-14-15-6-5-7-17(27)10-15/h3-13H,2,14H2,1H3. The van der Waals surface area contributed by atoms with Gasteiger partial charge in [-0.1, -0.05) is 48.0 Å². The van der Waals surface area contributed by atoms with Gasteiger partial charge in [0.25, 0.3) is 0 Å². The van der Waals surface area contributed by atoms with Gasteiger partial charge in [-0.05, 0) is 48.4 Å². The first kappa shape index (κ1) is 20.8. The minimum Gasteiger partial charge on any atom is -0.490 e. The van der Waals surface area contributed by atoms with Gasteiger partial charge in [-0.25, -0.2) is 4.39 Å². The average Bonchev–Trinajstić information content (AvgIpc) is 2.99. The number of ether oxygens (including phenoxy) is 2. The van der Waals surface area contributed by atoms with Crippen molar-refractivity contribution in [2.45, 2.75) is 13.5 Å². The lowest BCUT2D eigenvalue weighted by Gasteiger charge is -2.15. The zero-order valence-electron chi connectivity index (χ0n) is 16.7. The first-order valence-corrected chi connectivity index (χ1v) is 10.1. The molecule has 0 bridgehead atoms. The summed E-state index contributed by atoms with van der Waals surface area (Å²) in [5, 5.41) is 0.254. The molecule has 0 aliphatic heterocycles. The van der Waals surface area contributed by atoms with Gasteiger partial charge in [-0.3, -0.25) is 9.59 Å². The largest absolute Gasteiger partial charge is 0.490 e. The predicted molar refractivity (Wildman–Crippen MR) is 116 cm³/mol. The number of hydrogen-bond acceptors (Lipinski definition) is 4. The van der Waals surface area contributed by atoms with E-state index < -0.39 is 0 Å². The Morgan fingerprint density at radius 2 is 1.65 bits per heavy atom. The number of benzene rings is 3. The fourth-order valence-electron chi connectivity index (χ4n) is 3.43. The maximum atomic E-state index is 13.4. The molecule has 3 aromatic carbocycles. The molecule has 3 aromatic rings. The second-order valence-corrected chi connectivity index (χ2v) is 7.35. The van der Waals surface area contributed by atoms with Crippen molar-refractivity contribution in [1.29, 1.82) is 0 Å². The normalized spacial score (nSPS) is 12.7. The van der Waals surface area contributed by atoms with Gasteiger partial charge in [-0.2, -0.15) is 0 Å². The Morgan fingerprint density at radius 3 is 2.29 bits per heavy atom. The van der Waals surface area contributed by atoms with Gasteiger partial charge in [-0.15, -0.1) is 0 Å². The zero-order valence-corrected chi connectivity index (χ0v) is 17.4. The summed E-state index contributed by atoms with van der Waals surface area (Å²) < 4.78 is 24.9. The highest BCUT2D eigenvalue weighted by molar-refractivity contribution is 6.41. The molecule has 4 rings (SSSR count). The first-order valence-electron chi connectivity index (χ1n) is 9.71. The zero-order chi connectivity index (χ0) is 22.0. The van der Waals surface area contributed by atoms with Crippen LogP contribution in [-0.4, -0.2) is 18.2 Å². The Balaban J connectivity index is 1.65. The first-order chi connectivity index (χ1) is 15.0. The number of ketones is 2. The second-order valence-electron chi connectivity index (χ2n) is 6.94. The minimum atomic E-state index is -0.355. The molecule has 0 heterocycles. The minimum absolute atomic E-state index is 0.0770. The fraction of sp³-hybridized carbons (Fsp3) is 0.120. The monoisotopic (exact) mass is 436 g/mol. The van der Waals surface area contributed by atoms with Crippen LogP contribution in [0.1, 0.15) is 38.8 Å². The van der Waals surface area contributed by atoms with Crippen molar-refractivity contribution in [3.63, 3.8) is 0 Å². The number of hydrogen-bond donors (Lipinski definition) is 0. The van der Waals surface area contributed by atoms with E-state index in [-0.39, 0.29) is 34.6 Å². The lowest BCUT2D eigenvalue weighted by atomic mass is 10.1. The van der Waals surface area contributed by atoms with E-state index in [0.717, 1.165) is 0 Å². The number of allylic oxidation sites excluding steroid dienone is 1. The fourth-order valence-corrected chi connectivity index (χ4v) is 3.70. The number of Topliss-reactive ketones (excluding diaryl/α,β-unsaturated/α-hetero) is 2. The molecule has 0 N–H and O–H groups in total. The molecule has 0 saturated carbocycles. The van der Waals surface area contributed by atoms with Crippen LogP contribution in [0.25, 0.3) is 6.08 Å². The SMILES string of the molecule is CCOc1cc(C=C2C(=O)c3ccccc3C2=O)cc(Cl)c1OCc1cccc(F)c1. The van der Waals surface area contributed by atoms with Crippen molar-refractivity contribution < 1.29 is 23.5 Å². The van der Waals surface area contributed by atoms with Gasteiger partial charge >= 0.3 is 0 Å². The molecule has 1 aliphatic rings. The van der Waals surface area contributed by atoms with Crippen molar-refractivity contribution in [2.24, 2.45) is 0 Å². The predicted octanol–water partition coefficient (Wildman–Crippen LogP) is 5.92. The summed E-state index contributed by atoms with van der Waals surface area (Å²) >= 11 is 6.44. The van der Waals surface area contributed by atoms with Crippen LogP contribution in [0, 0.1) is 5.82 Å². The topological polar surface area (TPSA) is 52.6 Å². The van der Waals surface area contributed by atoms with Crippen LogP contribution in [0.5, 0.6) is 11.5 Å². The van der Waals surface area contributed by atoms with Gasteiger partial charge in [0.15, 0.2) is 23.1 Å². The lowest BCUT2D eigenvalue weighted by molar-refractivity contribution is 0.0990. The number of carbonyl (C=O) groups excluding carboxylic acids is 2. The third-order valence-corrected chi connectivity index (χ3v) is 5.10. The van der Waals surface area contributed by atoms with Crippen molar-refractivity contribution in [1.82, 2.24) is 0 Å². The Hall–Kier alpha value is -3.44. The summed E-state index contributed by atoms with van der Waals surface area (Å²) in [5.74, 6) is -0.315. The van der Waals surface area contributed by atoms with E-state index in [0.29, 0.717) is 40.4 Å².